The number of carboxylic acid groups (broad SMARTS) is 1. The van der Waals surface area contributed by atoms with Crippen LogP contribution in [0, 0.1) is 19.7 Å². The lowest BCUT2D eigenvalue weighted by Crippen LogP contribution is -2.22. The zero-order valence-electron chi connectivity index (χ0n) is 12.6. The van der Waals surface area contributed by atoms with Gasteiger partial charge in [-0.25, -0.2) is 9.18 Å². The van der Waals surface area contributed by atoms with Crippen molar-refractivity contribution < 1.29 is 19.1 Å². The third-order valence-electron chi connectivity index (χ3n) is 3.93. The topological polar surface area (TPSA) is 57.6 Å². The molecule has 0 bridgehead atoms. The summed E-state index contributed by atoms with van der Waals surface area (Å²) in [5.41, 5.74) is 3.65. The van der Waals surface area contributed by atoms with Crippen molar-refractivity contribution in [3.05, 3.63) is 70.5 Å². The summed E-state index contributed by atoms with van der Waals surface area (Å²) in [6.07, 6.45) is 1.00. The zero-order chi connectivity index (χ0) is 16.7. The number of anilines is 1. The summed E-state index contributed by atoms with van der Waals surface area (Å²) in [5.74, 6) is -1.89. The lowest BCUT2D eigenvalue weighted by Gasteiger charge is -2.18. The van der Waals surface area contributed by atoms with E-state index in [1.165, 1.54) is 29.2 Å². The molecular weight excluding hydrogens is 297 g/mol. The number of nitrogens with zero attached hydrogens (tertiary/aromatic N) is 1. The maximum absolute atomic E-state index is 13.1. The molecule has 1 amide bonds. The summed E-state index contributed by atoms with van der Waals surface area (Å²) in [7, 11) is 0. The van der Waals surface area contributed by atoms with Crippen LogP contribution < -0.4 is 4.90 Å². The molecule has 5 heteroatoms. The number of fused-ring (bicyclic) bond motifs is 1. The summed E-state index contributed by atoms with van der Waals surface area (Å²) < 4.78 is 13.1. The minimum Gasteiger partial charge on any atom is -0.478 e. The van der Waals surface area contributed by atoms with Gasteiger partial charge in [-0.05, 0) is 61.4 Å². The Morgan fingerprint density at radius 1 is 1.09 bits per heavy atom. The predicted octanol–water partition coefficient (Wildman–Crippen LogP) is 3.53. The van der Waals surface area contributed by atoms with E-state index < -0.39 is 11.8 Å². The van der Waals surface area contributed by atoms with E-state index in [0.29, 0.717) is 16.8 Å². The van der Waals surface area contributed by atoms with Gasteiger partial charge in [0.25, 0.3) is 5.91 Å². The molecule has 0 atom stereocenters. The Hall–Kier alpha value is -2.95. The van der Waals surface area contributed by atoms with Gasteiger partial charge in [0, 0.05) is 22.9 Å². The van der Waals surface area contributed by atoms with Gasteiger partial charge in [0.2, 0.25) is 0 Å². The largest absolute Gasteiger partial charge is 0.478 e. The minimum atomic E-state index is -1.15. The monoisotopic (exact) mass is 311 g/mol. The number of aryl methyl sites for hydroxylation is 2. The Kier molecular flexibility index (Phi) is 3.48. The van der Waals surface area contributed by atoms with E-state index >= 15 is 0 Å². The first-order valence-corrected chi connectivity index (χ1v) is 7.05. The van der Waals surface area contributed by atoms with E-state index in [0.717, 1.165) is 17.2 Å². The molecule has 0 spiro atoms. The van der Waals surface area contributed by atoms with Crippen LogP contribution in [0.5, 0.6) is 0 Å². The van der Waals surface area contributed by atoms with Gasteiger partial charge >= 0.3 is 5.97 Å². The van der Waals surface area contributed by atoms with Gasteiger partial charge in [0.05, 0.1) is 5.70 Å². The summed E-state index contributed by atoms with van der Waals surface area (Å²) in [5, 5.41) is 9.14. The van der Waals surface area contributed by atoms with Gasteiger partial charge in [0.15, 0.2) is 0 Å². The molecule has 0 saturated carbocycles. The molecule has 4 nitrogen and oxygen atoms in total. The standard InChI is InChI=1S/C18H14FNO3/c1-10-7-14-15(8-11(10)2)18(23)20(16(14)9-17(21)22)13-5-3-12(19)4-6-13/h3-9H,1-2H3,(H,21,22)/b16-9-. The van der Waals surface area contributed by atoms with Crippen LogP contribution in [-0.2, 0) is 4.79 Å². The molecule has 0 unspecified atom stereocenters. The molecule has 0 saturated heterocycles. The fourth-order valence-corrected chi connectivity index (χ4v) is 2.66. The van der Waals surface area contributed by atoms with Gasteiger partial charge in [-0.2, -0.15) is 0 Å². The summed E-state index contributed by atoms with van der Waals surface area (Å²) in [6, 6.07) is 8.94. The third-order valence-corrected chi connectivity index (χ3v) is 3.93. The maximum atomic E-state index is 13.1. The first-order valence-electron chi connectivity index (χ1n) is 7.05. The molecular formula is C18H14FNO3. The fourth-order valence-electron chi connectivity index (χ4n) is 2.66. The highest BCUT2D eigenvalue weighted by Gasteiger charge is 2.34. The number of carbonyl (C=O) groups excluding carboxylic acids is 1. The molecule has 1 N–H and O–H groups in total. The maximum Gasteiger partial charge on any atom is 0.330 e. The number of amides is 1. The second-order valence-electron chi connectivity index (χ2n) is 5.47. The number of hydrogen-bond acceptors (Lipinski definition) is 2. The average molecular weight is 311 g/mol. The molecule has 1 aliphatic rings. The summed E-state index contributed by atoms with van der Waals surface area (Å²) >= 11 is 0. The molecule has 23 heavy (non-hydrogen) atoms. The van der Waals surface area contributed by atoms with E-state index in [1.54, 1.807) is 12.1 Å². The Balaban J connectivity index is 2.22. The first-order chi connectivity index (χ1) is 10.9. The SMILES string of the molecule is Cc1cc2c(cc1C)/C(=C/C(=O)O)N(c1ccc(F)cc1)C2=O. The van der Waals surface area contributed by atoms with Gasteiger partial charge in [-0.1, -0.05) is 0 Å². The van der Waals surface area contributed by atoms with Crippen LogP contribution in [0.25, 0.3) is 5.70 Å². The molecule has 2 aromatic rings. The fraction of sp³-hybridized carbons (Fsp3) is 0.111. The van der Waals surface area contributed by atoms with Crippen molar-refractivity contribution in [2.24, 2.45) is 0 Å². The molecule has 0 fully saturated rings. The van der Waals surface area contributed by atoms with Crippen LogP contribution in [0.1, 0.15) is 27.0 Å². The van der Waals surface area contributed by atoms with Crippen LogP contribution in [0.15, 0.2) is 42.5 Å². The van der Waals surface area contributed by atoms with Gasteiger partial charge in [0.1, 0.15) is 5.82 Å². The van der Waals surface area contributed by atoms with Crippen LogP contribution in [0.2, 0.25) is 0 Å². The second kappa shape index (κ2) is 5.35. The Morgan fingerprint density at radius 3 is 2.22 bits per heavy atom. The van der Waals surface area contributed by atoms with Crippen molar-refractivity contribution in [3.63, 3.8) is 0 Å². The molecule has 1 aliphatic heterocycles. The van der Waals surface area contributed by atoms with Gasteiger partial charge in [-0.15, -0.1) is 0 Å². The van der Waals surface area contributed by atoms with E-state index in [4.69, 9.17) is 5.11 Å². The number of aliphatic carboxylic acids is 1. The number of halogens is 1. The van der Waals surface area contributed by atoms with Gasteiger partial charge in [-0.3, -0.25) is 9.69 Å². The van der Waals surface area contributed by atoms with E-state index in [2.05, 4.69) is 0 Å². The number of benzene rings is 2. The molecule has 0 aliphatic carbocycles. The van der Waals surface area contributed by atoms with E-state index in [-0.39, 0.29) is 11.6 Å². The molecule has 0 radical (unpaired) electrons. The van der Waals surface area contributed by atoms with Crippen molar-refractivity contribution in [2.45, 2.75) is 13.8 Å². The number of carbonyl (C=O) groups is 2. The Labute approximate surface area is 132 Å². The van der Waals surface area contributed by atoms with Crippen molar-refractivity contribution in [2.75, 3.05) is 4.90 Å². The third kappa shape index (κ3) is 2.50. The zero-order valence-corrected chi connectivity index (χ0v) is 12.6. The number of hydrogen-bond donors (Lipinski definition) is 1. The molecule has 116 valence electrons. The average Bonchev–Trinajstić information content (AvgIpc) is 2.73. The highest BCUT2D eigenvalue weighted by atomic mass is 19.1. The van der Waals surface area contributed by atoms with Crippen LogP contribution in [0.4, 0.5) is 10.1 Å². The summed E-state index contributed by atoms with van der Waals surface area (Å²) in [4.78, 5) is 25.2. The van der Waals surface area contributed by atoms with Crippen molar-refractivity contribution in [3.8, 4) is 0 Å². The van der Waals surface area contributed by atoms with Crippen molar-refractivity contribution in [1.29, 1.82) is 0 Å². The lowest BCUT2D eigenvalue weighted by atomic mass is 10.0. The normalized spacial score (nSPS) is 15.2. The summed E-state index contributed by atoms with van der Waals surface area (Å²) in [6.45, 7) is 3.79. The van der Waals surface area contributed by atoms with E-state index in [1.807, 2.05) is 13.8 Å². The number of carboxylic acids is 1. The molecule has 3 rings (SSSR count). The van der Waals surface area contributed by atoms with E-state index in [9.17, 15) is 14.0 Å². The first kappa shape index (κ1) is 15.0. The van der Waals surface area contributed by atoms with Crippen molar-refractivity contribution >= 4 is 23.3 Å². The quantitative estimate of drug-likeness (QED) is 0.863. The Morgan fingerprint density at radius 2 is 1.65 bits per heavy atom. The lowest BCUT2D eigenvalue weighted by molar-refractivity contribution is -0.131. The number of rotatable bonds is 2. The minimum absolute atomic E-state index is 0.284. The Bertz CT molecular complexity index is 853. The van der Waals surface area contributed by atoms with Crippen LogP contribution >= 0.6 is 0 Å². The van der Waals surface area contributed by atoms with Gasteiger partial charge < -0.3 is 5.11 Å². The molecule has 0 aromatic heterocycles. The van der Waals surface area contributed by atoms with Crippen molar-refractivity contribution in [1.82, 2.24) is 0 Å². The van der Waals surface area contributed by atoms with Crippen LogP contribution in [-0.4, -0.2) is 17.0 Å². The highest BCUT2D eigenvalue weighted by Crippen LogP contribution is 2.38. The predicted molar refractivity (Wildman–Crippen MR) is 84.7 cm³/mol. The molecule has 2 aromatic carbocycles. The second-order valence-corrected chi connectivity index (χ2v) is 5.47. The smallest absolute Gasteiger partial charge is 0.330 e. The molecule has 1 heterocycles. The highest BCUT2D eigenvalue weighted by molar-refractivity contribution is 6.24. The van der Waals surface area contributed by atoms with Crippen LogP contribution in [0.3, 0.4) is 0 Å².